The number of thiazole rings is 1. The van der Waals surface area contributed by atoms with Crippen LogP contribution in [0.3, 0.4) is 0 Å². The van der Waals surface area contributed by atoms with E-state index in [1.807, 2.05) is 62.4 Å². The lowest BCUT2D eigenvalue weighted by molar-refractivity contribution is -0.116. The number of carbonyl (C=O) groups excluding carboxylic acids is 1. The molecule has 130 valence electrons. The molecule has 0 saturated carbocycles. The number of fused-ring (bicyclic) bond motifs is 1. The summed E-state index contributed by atoms with van der Waals surface area (Å²) < 4.78 is 2.88. The first-order valence-corrected chi connectivity index (χ1v) is 9.17. The quantitative estimate of drug-likeness (QED) is 0.585. The third-order valence-corrected chi connectivity index (χ3v) is 5.19. The van der Waals surface area contributed by atoms with Crippen LogP contribution in [-0.2, 0) is 11.3 Å². The summed E-state index contributed by atoms with van der Waals surface area (Å²) in [6, 6.07) is 17.8. The molecule has 0 aliphatic carbocycles. The second-order valence-corrected chi connectivity index (χ2v) is 7.23. The molecule has 0 aliphatic heterocycles. The average molecular weight is 362 g/mol. The van der Waals surface area contributed by atoms with Crippen LogP contribution in [0.1, 0.15) is 11.4 Å². The van der Waals surface area contributed by atoms with E-state index in [2.05, 4.69) is 21.5 Å². The number of aromatic nitrogens is 3. The van der Waals surface area contributed by atoms with E-state index >= 15 is 0 Å². The van der Waals surface area contributed by atoms with Gasteiger partial charge >= 0.3 is 0 Å². The van der Waals surface area contributed by atoms with Crippen LogP contribution < -0.4 is 5.32 Å². The molecule has 0 bridgehead atoms. The van der Waals surface area contributed by atoms with Crippen molar-refractivity contribution in [2.24, 2.45) is 0 Å². The summed E-state index contributed by atoms with van der Waals surface area (Å²) in [5.74, 6) is -0.0936. The molecule has 1 amide bonds. The van der Waals surface area contributed by atoms with Crippen molar-refractivity contribution in [3.8, 4) is 10.6 Å². The van der Waals surface area contributed by atoms with Gasteiger partial charge in [-0.3, -0.25) is 9.48 Å². The first-order valence-electron chi connectivity index (χ1n) is 8.35. The molecule has 26 heavy (non-hydrogen) atoms. The Labute approximate surface area is 155 Å². The summed E-state index contributed by atoms with van der Waals surface area (Å²) in [7, 11) is 0. The monoisotopic (exact) mass is 362 g/mol. The predicted octanol–water partition coefficient (Wildman–Crippen LogP) is 4.42. The lowest BCUT2D eigenvalue weighted by atomic mass is 10.2. The molecule has 4 aromatic rings. The number of carbonyl (C=O) groups is 1. The van der Waals surface area contributed by atoms with E-state index in [1.165, 1.54) is 4.70 Å². The first kappa shape index (κ1) is 16.5. The number of amides is 1. The molecule has 0 spiro atoms. The summed E-state index contributed by atoms with van der Waals surface area (Å²) >= 11 is 1.67. The molecule has 4 rings (SSSR count). The van der Waals surface area contributed by atoms with Crippen LogP contribution in [0.25, 0.3) is 20.8 Å². The van der Waals surface area contributed by atoms with Gasteiger partial charge < -0.3 is 5.32 Å². The van der Waals surface area contributed by atoms with Crippen LogP contribution in [0, 0.1) is 13.8 Å². The Bertz CT molecular complexity index is 1050. The fraction of sp³-hybridized carbons (Fsp3) is 0.150. The molecular formula is C20H18N4OS. The highest BCUT2D eigenvalue weighted by atomic mass is 32.1. The van der Waals surface area contributed by atoms with E-state index in [4.69, 9.17) is 0 Å². The van der Waals surface area contributed by atoms with Crippen molar-refractivity contribution in [1.29, 1.82) is 0 Å². The Kier molecular flexibility index (Phi) is 4.26. The number of rotatable bonds is 4. The Hall–Kier alpha value is -2.99. The van der Waals surface area contributed by atoms with Gasteiger partial charge in [-0.2, -0.15) is 5.10 Å². The molecule has 0 aliphatic rings. The molecule has 2 aromatic carbocycles. The van der Waals surface area contributed by atoms with Gasteiger partial charge in [-0.25, -0.2) is 4.98 Å². The Morgan fingerprint density at radius 3 is 2.58 bits per heavy atom. The van der Waals surface area contributed by atoms with Gasteiger partial charge in [0.2, 0.25) is 5.91 Å². The number of anilines is 1. The standard InChI is InChI=1S/C20H18N4OS/c1-13-11-14(2)24(23-13)12-19(25)21-16-9-7-15(8-10-16)20-22-17-5-3-4-6-18(17)26-20/h3-11H,12H2,1-2H3,(H,21,25). The van der Waals surface area contributed by atoms with Gasteiger partial charge in [0.1, 0.15) is 11.6 Å². The van der Waals surface area contributed by atoms with Crippen molar-refractivity contribution >= 4 is 33.1 Å². The Balaban J connectivity index is 1.47. The average Bonchev–Trinajstić information content (AvgIpc) is 3.18. The fourth-order valence-electron chi connectivity index (χ4n) is 2.86. The number of hydrogen-bond acceptors (Lipinski definition) is 4. The van der Waals surface area contributed by atoms with Gasteiger partial charge in [-0.05, 0) is 56.3 Å². The minimum absolute atomic E-state index is 0.0936. The summed E-state index contributed by atoms with van der Waals surface area (Å²) in [5.41, 5.74) is 4.71. The Morgan fingerprint density at radius 1 is 1.12 bits per heavy atom. The van der Waals surface area contributed by atoms with E-state index in [0.29, 0.717) is 0 Å². The summed E-state index contributed by atoms with van der Waals surface area (Å²) in [5, 5.41) is 8.21. The number of benzene rings is 2. The molecule has 0 fully saturated rings. The van der Waals surface area contributed by atoms with Crippen LogP contribution in [0.4, 0.5) is 5.69 Å². The largest absolute Gasteiger partial charge is 0.324 e. The molecule has 0 saturated heterocycles. The lowest BCUT2D eigenvalue weighted by Gasteiger charge is -2.07. The van der Waals surface area contributed by atoms with E-state index in [0.717, 1.165) is 33.2 Å². The normalized spacial score (nSPS) is 11.0. The van der Waals surface area contributed by atoms with Crippen LogP contribution in [0.15, 0.2) is 54.6 Å². The van der Waals surface area contributed by atoms with E-state index in [9.17, 15) is 4.79 Å². The first-order chi connectivity index (χ1) is 12.6. The number of para-hydroxylation sites is 1. The zero-order chi connectivity index (χ0) is 18.1. The zero-order valence-electron chi connectivity index (χ0n) is 14.6. The highest BCUT2D eigenvalue weighted by Crippen LogP contribution is 2.30. The van der Waals surface area contributed by atoms with Crippen molar-refractivity contribution in [3.63, 3.8) is 0 Å². The molecule has 5 nitrogen and oxygen atoms in total. The van der Waals surface area contributed by atoms with Gasteiger partial charge in [-0.1, -0.05) is 12.1 Å². The predicted molar refractivity (Wildman–Crippen MR) is 105 cm³/mol. The summed E-state index contributed by atoms with van der Waals surface area (Å²) in [4.78, 5) is 16.9. The molecule has 0 atom stereocenters. The smallest absolute Gasteiger partial charge is 0.246 e. The highest BCUT2D eigenvalue weighted by molar-refractivity contribution is 7.21. The minimum Gasteiger partial charge on any atom is -0.324 e. The third-order valence-electron chi connectivity index (χ3n) is 4.11. The van der Waals surface area contributed by atoms with Crippen molar-refractivity contribution in [1.82, 2.24) is 14.8 Å². The SMILES string of the molecule is Cc1cc(C)n(CC(=O)Nc2ccc(-c3nc4ccccc4s3)cc2)n1. The van der Waals surface area contributed by atoms with Crippen molar-refractivity contribution < 1.29 is 4.79 Å². The summed E-state index contributed by atoms with van der Waals surface area (Å²) in [6.07, 6.45) is 0. The van der Waals surface area contributed by atoms with Crippen molar-refractivity contribution in [3.05, 3.63) is 66.0 Å². The maximum Gasteiger partial charge on any atom is 0.246 e. The number of aryl methyl sites for hydroxylation is 2. The van der Waals surface area contributed by atoms with Crippen LogP contribution in [-0.4, -0.2) is 20.7 Å². The molecule has 1 N–H and O–H groups in total. The zero-order valence-corrected chi connectivity index (χ0v) is 15.4. The molecule has 0 radical (unpaired) electrons. The molecule has 6 heteroatoms. The van der Waals surface area contributed by atoms with Crippen LogP contribution in [0.2, 0.25) is 0 Å². The van der Waals surface area contributed by atoms with Crippen LogP contribution in [0.5, 0.6) is 0 Å². The van der Waals surface area contributed by atoms with E-state index in [-0.39, 0.29) is 12.5 Å². The van der Waals surface area contributed by atoms with Crippen LogP contribution >= 0.6 is 11.3 Å². The second kappa shape index (κ2) is 6.72. The van der Waals surface area contributed by atoms with Crippen molar-refractivity contribution in [2.45, 2.75) is 20.4 Å². The van der Waals surface area contributed by atoms with Gasteiger partial charge in [0, 0.05) is 16.9 Å². The second-order valence-electron chi connectivity index (χ2n) is 6.20. The van der Waals surface area contributed by atoms with Gasteiger partial charge in [0.15, 0.2) is 0 Å². The lowest BCUT2D eigenvalue weighted by Crippen LogP contribution is -2.20. The Morgan fingerprint density at radius 2 is 1.88 bits per heavy atom. The third kappa shape index (κ3) is 3.36. The van der Waals surface area contributed by atoms with Gasteiger partial charge in [0.05, 0.1) is 15.9 Å². The van der Waals surface area contributed by atoms with Gasteiger partial charge in [-0.15, -0.1) is 11.3 Å². The topological polar surface area (TPSA) is 59.8 Å². The molecule has 0 unspecified atom stereocenters. The van der Waals surface area contributed by atoms with E-state index < -0.39 is 0 Å². The fourth-order valence-corrected chi connectivity index (χ4v) is 3.83. The summed E-state index contributed by atoms with van der Waals surface area (Å²) in [6.45, 7) is 4.07. The highest BCUT2D eigenvalue weighted by Gasteiger charge is 2.09. The minimum atomic E-state index is -0.0936. The molecular weight excluding hydrogens is 344 g/mol. The van der Waals surface area contributed by atoms with Crippen molar-refractivity contribution in [2.75, 3.05) is 5.32 Å². The van der Waals surface area contributed by atoms with Gasteiger partial charge in [0.25, 0.3) is 0 Å². The molecule has 2 heterocycles. The maximum absolute atomic E-state index is 12.2. The number of hydrogen-bond donors (Lipinski definition) is 1. The number of nitrogens with zero attached hydrogens (tertiary/aromatic N) is 3. The maximum atomic E-state index is 12.2. The number of nitrogens with one attached hydrogen (secondary N) is 1. The van der Waals surface area contributed by atoms with E-state index in [1.54, 1.807) is 16.0 Å². The molecule has 2 aromatic heterocycles.